The van der Waals surface area contributed by atoms with Gasteiger partial charge in [0.2, 0.25) is 0 Å². The largest absolute Gasteiger partial charge is 0.488 e. The van der Waals surface area contributed by atoms with Gasteiger partial charge < -0.3 is 20.1 Å². The quantitative estimate of drug-likeness (QED) is 0.161. The van der Waals surface area contributed by atoms with E-state index in [9.17, 15) is 9.59 Å². The lowest BCUT2D eigenvalue weighted by Gasteiger charge is -2.18. The van der Waals surface area contributed by atoms with Gasteiger partial charge in [0.1, 0.15) is 24.7 Å². The highest BCUT2D eigenvalue weighted by molar-refractivity contribution is 7.99. The molecule has 0 fully saturated rings. The van der Waals surface area contributed by atoms with Gasteiger partial charge in [-0.3, -0.25) is 9.59 Å². The average molecular weight is 751 g/mol. The molecule has 2 N–H and O–H groups in total. The lowest BCUT2D eigenvalue weighted by molar-refractivity contribution is 0.101. The summed E-state index contributed by atoms with van der Waals surface area (Å²) in [6.07, 6.45) is 0. The number of nitrogens with one attached hydrogen (secondary N) is 2. The summed E-state index contributed by atoms with van der Waals surface area (Å²) in [5.74, 6) is 1.93. The summed E-state index contributed by atoms with van der Waals surface area (Å²) < 4.78 is 12.8. The lowest BCUT2D eigenvalue weighted by Crippen LogP contribution is -2.15. The molecule has 0 saturated heterocycles. The predicted molar refractivity (Wildman–Crippen MR) is 221 cm³/mol. The molecule has 8 heteroatoms. The number of carbonyl (C=O) groups excluding carboxylic acids is 2. The van der Waals surface area contributed by atoms with Crippen LogP contribution in [0.5, 0.6) is 11.5 Å². The van der Waals surface area contributed by atoms with Crippen molar-refractivity contribution >= 4 is 46.7 Å². The highest BCUT2D eigenvalue weighted by Crippen LogP contribution is 2.36. The lowest BCUT2D eigenvalue weighted by atomic mass is 10.0. The Labute approximate surface area is 325 Å². The molecule has 6 nitrogen and oxygen atoms in total. The van der Waals surface area contributed by atoms with Gasteiger partial charge in [-0.15, -0.1) is 23.5 Å². The third-order valence-corrected chi connectivity index (χ3v) is 11.9. The molecule has 0 atom stereocenters. The first-order chi connectivity index (χ1) is 26.2. The normalized spacial score (nSPS) is 13.8. The summed E-state index contributed by atoms with van der Waals surface area (Å²) in [6.45, 7) is 8.86. The van der Waals surface area contributed by atoms with E-state index in [1.165, 1.54) is 22.3 Å². The molecule has 1 aliphatic heterocycles. The molecular formula is C46H42N2O4S2. The number of thioether (sulfide) groups is 2. The monoisotopic (exact) mass is 750 g/mol. The van der Waals surface area contributed by atoms with Gasteiger partial charge in [0, 0.05) is 21.3 Å². The smallest absolute Gasteiger partial charge is 0.259 e. The number of aryl methyl sites for hydroxylation is 4. The Bertz CT molecular complexity index is 2190. The minimum Gasteiger partial charge on any atom is -0.488 e. The summed E-state index contributed by atoms with van der Waals surface area (Å²) >= 11 is 3.39. The molecule has 0 bridgehead atoms. The standard InChI is InChI=1S/C46H42N2O4S2/c1-29-21-33-25-51-41-17-9-5-13-37(41)45(49)47-39-15-7-11-19-43(39)53-27-35-23-31(3)32(4)24-36(35)28-54-44-20-12-8-16-40(44)48-46(50)38-14-6-10-18-42(38)52-26-34(33)22-30(29)2/h5-24H,25-28H2,1-4H3,(H,47,49)(H,48,50). The highest BCUT2D eigenvalue weighted by atomic mass is 32.2. The predicted octanol–water partition coefficient (Wildman–Crippen LogP) is 11.5. The van der Waals surface area contributed by atoms with E-state index < -0.39 is 0 Å². The van der Waals surface area contributed by atoms with Crippen LogP contribution in [0.15, 0.2) is 131 Å². The number of benzene rings is 6. The number of para-hydroxylation sites is 4. The molecule has 6 aromatic rings. The van der Waals surface area contributed by atoms with E-state index in [2.05, 4.69) is 62.6 Å². The topological polar surface area (TPSA) is 76.7 Å². The van der Waals surface area contributed by atoms with Crippen molar-refractivity contribution in [3.05, 3.63) is 177 Å². The van der Waals surface area contributed by atoms with E-state index >= 15 is 0 Å². The zero-order valence-corrected chi connectivity index (χ0v) is 32.5. The van der Waals surface area contributed by atoms with Crippen LogP contribution in [0.2, 0.25) is 0 Å². The molecule has 0 radical (unpaired) electrons. The van der Waals surface area contributed by atoms with Crippen LogP contribution in [0.1, 0.15) is 65.2 Å². The van der Waals surface area contributed by atoms with Crippen LogP contribution >= 0.6 is 23.5 Å². The molecule has 0 spiro atoms. The summed E-state index contributed by atoms with van der Waals surface area (Å²) in [5.41, 5.74) is 11.4. The molecule has 0 aliphatic carbocycles. The van der Waals surface area contributed by atoms with Crippen molar-refractivity contribution in [2.45, 2.75) is 62.2 Å². The Balaban J connectivity index is 1.27. The van der Waals surface area contributed by atoms with Crippen molar-refractivity contribution in [1.29, 1.82) is 0 Å². The van der Waals surface area contributed by atoms with Crippen LogP contribution in [0.3, 0.4) is 0 Å². The first-order valence-electron chi connectivity index (χ1n) is 17.9. The first kappa shape index (κ1) is 36.9. The molecule has 7 rings (SSSR count). The summed E-state index contributed by atoms with van der Waals surface area (Å²) in [4.78, 5) is 29.7. The SMILES string of the molecule is Cc1cc2c(cc1C)COc1ccccc1C(=O)Nc1ccccc1SCc1cc(C)c(C)cc1CSc1ccccc1NC(=O)c1ccccc1OC2. The van der Waals surface area contributed by atoms with Gasteiger partial charge in [-0.1, -0.05) is 72.8 Å². The van der Waals surface area contributed by atoms with Crippen LogP contribution in [-0.2, 0) is 24.7 Å². The number of carbonyl (C=O) groups is 2. The molecule has 6 aromatic carbocycles. The van der Waals surface area contributed by atoms with Crippen molar-refractivity contribution in [2.75, 3.05) is 10.6 Å². The number of amides is 2. The van der Waals surface area contributed by atoms with Crippen molar-refractivity contribution in [3.8, 4) is 11.5 Å². The number of ether oxygens (including phenoxy) is 2. The maximum absolute atomic E-state index is 13.9. The van der Waals surface area contributed by atoms with Gasteiger partial charge in [-0.05, 0) is 121 Å². The van der Waals surface area contributed by atoms with Crippen molar-refractivity contribution in [1.82, 2.24) is 0 Å². The number of hydrogen-bond donors (Lipinski definition) is 2. The highest BCUT2D eigenvalue weighted by Gasteiger charge is 2.19. The maximum Gasteiger partial charge on any atom is 0.259 e. The third-order valence-electron chi connectivity index (χ3n) is 9.70. The fourth-order valence-electron chi connectivity index (χ4n) is 6.36. The summed E-state index contributed by atoms with van der Waals surface area (Å²) in [5, 5.41) is 6.35. The Hall–Kier alpha value is -5.44. The number of rotatable bonds is 0. The molecule has 54 heavy (non-hydrogen) atoms. The van der Waals surface area contributed by atoms with Crippen LogP contribution in [0.25, 0.3) is 0 Å². The second-order valence-electron chi connectivity index (χ2n) is 13.5. The maximum atomic E-state index is 13.9. The molecule has 2 amide bonds. The van der Waals surface area contributed by atoms with Crippen molar-refractivity contribution < 1.29 is 19.1 Å². The van der Waals surface area contributed by atoms with E-state index in [4.69, 9.17) is 9.47 Å². The zero-order chi connectivity index (χ0) is 37.6. The zero-order valence-electron chi connectivity index (χ0n) is 30.8. The fraction of sp³-hybridized carbons (Fsp3) is 0.174. The minimum absolute atomic E-state index is 0.228. The van der Waals surface area contributed by atoms with Gasteiger partial charge in [-0.2, -0.15) is 0 Å². The third kappa shape index (κ3) is 8.51. The Kier molecular flexibility index (Phi) is 11.4. The van der Waals surface area contributed by atoms with E-state index in [1.54, 1.807) is 35.7 Å². The van der Waals surface area contributed by atoms with E-state index in [-0.39, 0.29) is 25.0 Å². The summed E-state index contributed by atoms with van der Waals surface area (Å²) in [6, 6.07) is 39.2. The van der Waals surface area contributed by atoms with E-state index in [0.717, 1.165) is 54.9 Å². The van der Waals surface area contributed by atoms with Crippen molar-refractivity contribution in [3.63, 3.8) is 0 Å². The Morgan fingerprint density at radius 3 is 1.24 bits per heavy atom. The van der Waals surface area contributed by atoms with Crippen LogP contribution in [0, 0.1) is 27.7 Å². The molecule has 272 valence electrons. The van der Waals surface area contributed by atoms with Gasteiger partial charge in [0.05, 0.1) is 22.5 Å². The van der Waals surface area contributed by atoms with Crippen LogP contribution < -0.4 is 20.1 Å². The number of hydrogen-bond acceptors (Lipinski definition) is 6. The van der Waals surface area contributed by atoms with Gasteiger partial charge in [0.15, 0.2) is 0 Å². The molecular weight excluding hydrogens is 709 g/mol. The molecule has 1 aliphatic rings. The number of anilines is 2. The van der Waals surface area contributed by atoms with Gasteiger partial charge >= 0.3 is 0 Å². The van der Waals surface area contributed by atoms with Crippen LogP contribution in [-0.4, -0.2) is 11.8 Å². The first-order valence-corrected chi connectivity index (χ1v) is 19.9. The average Bonchev–Trinajstić information content (AvgIpc) is 3.18. The summed E-state index contributed by atoms with van der Waals surface area (Å²) in [7, 11) is 0. The molecule has 0 unspecified atom stereocenters. The Morgan fingerprint density at radius 1 is 0.463 bits per heavy atom. The minimum atomic E-state index is -0.242. The fourth-order valence-corrected chi connectivity index (χ4v) is 8.42. The second-order valence-corrected chi connectivity index (χ2v) is 15.5. The van der Waals surface area contributed by atoms with E-state index in [1.807, 2.05) is 84.9 Å². The second kappa shape index (κ2) is 16.7. The molecule has 1 heterocycles. The molecule has 0 aromatic heterocycles. The van der Waals surface area contributed by atoms with Crippen molar-refractivity contribution in [2.24, 2.45) is 0 Å². The van der Waals surface area contributed by atoms with Gasteiger partial charge in [-0.25, -0.2) is 0 Å². The molecule has 0 saturated carbocycles. The van der Waals surface area contributed by atoms with Gasteiger partial charge in [0.25, 0.3) is 11.8 Å². The number of fused-ring (bicyclic) bond motifs is 6. The Morgan fingerprint density at radius 2 is 0.815 bits per heavy atom. The van der Waals surface area contributed by atoms with Crippen LogP contribution in [0.4, 0.5) is 11.4 Å². The van der Waals surface area contributed by atoms with E-state index in [0.29, 0.717) is 22.6 Å².